The standard InChI is InChI=1S/C9H18O2S2/c1-7(2)12-9(8(3)10)5-4-6-13(9)11/h7-8,10H,4-6H2,1-3H3/t8?,9-,13?/m0/s1. The van der Waals surface area contributed by atoms with Crippen LogP contribution >= 0.6 is 11.8 Å². The molecule has 13 heavy (non-hydrogen) atoms. The highest BCUT2D eigenvalue weighted by molar-refractivity contribution is 8.13. The van der Waals surface area contributed by atoms with Crippen LogP contribution in [-0.4, -0.2) is 30.5 Å². The van der Waals surface area contributed by atoms with E-state index in [1.54, 1.807) is 18.7 Å². The van der Waals surface area contributed by atoms with Crippen LogP contribution in [0.4, 0.5) is 0 Å². The fourth-order valence-corrected chi connectivity index (χ4v) is 5.76. The summed E-state index contributed by atoms with van der Waals surface area (Å²) >= 11 is 1.68. The maximum absolute atomic E-state index is 11.8. The lowest BCUT2D eigenvalue weighted by Crippen LogP contribution is -2.39. The second-order valence-electron chi connectivity index (χ2n) is 3.81. The van der Waals surface area contributed by atoms with Gasteiger partial charge >= 0.3 is 0 Å². The van der Waals surface area contributed by atoms with Gasteiger partial charge < -0.3 is 5.11 Å². The van der Waals surface area contributed by atoms with Gasteiger partial charge in [-0.15, -0.1) is 11.8 Å². The molecule has 4 heteroatoms. The fourth-order valence-electron chi connectivity index (χ4n) is 1.75. The normalized spacial score (nSPS) is 36.8. The van der Waals surface area contributed by atoms with Crippen molar-refractivity contribution in [3.63, 3.8) is 0 Å². The van der Waals surface area contributed by atoms with E-state index < -0.39 is 16.9 Å². The Hall–Kier alpha value is 0.460. The van der Waals surface area contributed by atoms with Crippen molar-refractivity contribution in [3.8, 4) is 0 Å². The molecule has 2 nitrogen and oxygen atoms in total. The molecule has 0 saturated carbocycles. The number of aliphatic hydroxyl groups excluding tert-OH is 1. The molecule has 1 aliphatic rings. The quantitative estimate of drug-likeness (QED) is 0.790. The minimum atomic E-state index is -0.857. The molecule has 1 aliphatic heterocycles. The maximum Gasteiger partial charge on any atom is 0.117 e. The number of hydrogen-bond donors (Lipinski definition) is 1. The lowest BCUT2D eigenvalue weighted by molar-refractivity contribution is 0.177. The predicted molar refractivity (Wildman–Crippen MR) is 59.4 cm³/mol. The van der Waals surface area contributed by atoms with Crippen LogP contribution in [0.15, 0.2) is 0 Å². The van der Waals surface area contributed by atoms with Crippen LogP contribution in [0.5, 0.6) is 0 Å². The van der Waals surface area contributed by atoms with Gasteiger partial charge in [0.1, 0.15) is 4.08 Å². The number of hydrogen-bond acceptors (Lipinski definition) is 3. The van der Waals surface area contributed by atoms with Crippen molar-refractivity contribution in [1.29, 1.82) is 0 Å². The molecule has 0 spiro atoms. The van der Waals surface area contributed by atoms with Gasteiger partial charge in [-0.05, 0) is 19.8 Å². The molecule has 1 N–H and O–H groups in total. The molecule has 0 bridgehead atoms. The zero-order valence-electron chi connectivity index (χ0n) is 8.45. The van der Waals surface area contributed by atoms with Crippen molar-refractivity contribution in [1.82, 2.24) is 0 Å². The fraction of sp³-hybridized carbons (Fsp3) is 1.00. The average molecular weight is 222 g/mol. The van der Waals surface area contributed by atoms with Crippen molar-refractivity contribution in [3.05, 3.63) is 0 Å². The Morgan fingerprint density at radius 1 is 1.46 bits per heavy atom. The van der Waals surface area contributed by atoms with Crippen LogP contribution in [0.25, 0.3) is 0 Å². The largest absolute Gasteiger partial charge is 0.391 e. The minimum Gasteiger partial charge on any atom is -0.391 e. The Morgan fingerprint density at radius 3 is 2.38 bits per heavy atom. The Morgan fingerprint density at radius 2 is 2.08 bits per heavy atom. The van der Waals surface area contributed by atoms with E-state index in [1.165, 1.54) is 0 Å². The summed E-state index contributed by atoms with van der Waals surface area (Å²) in [7, 11) is -0.857. The van der Waals surface area contributed by atoms with E-state index in [9.17, 15) is 9.32 Å². The molecule has 1 rings (SSSR count). The first-order chi connectivity index (χ1) is 5.99. The molecule has 3 atom stereocenters. The van der Waals surface area contributed by atoms with Gasteiger partial charge in [-0.25, -0.2) is 0 Å². The Bertz CT molecular complexity index is 204. The molecule has 2 unspecified atom stereocenters. The molecule has 1 fully saturated rings. The van der Waals surface area contributed by atoms with Crippen molar-refractivity contribution in [2.45, 2.75) is 49.0 Å². The third kappa shape index (κ3) is 2.28. The van der Waals surface area contributed by atoms with Crippen LogP contribution in [0.3, 0.4) is 0 Å². The SMILES string of the molecule is CC(C)S[C@@]1(C(C)O)CCCS1=O. The zero-order valence-corrected chi connectivity index (χ0v) is 10.1. The van der Waals surface area contributed by atoms with Gasteiger partial charge in [-0.3, -0.25) is 4.21 Å². The van der Waals surface area contributed by atoms with E-state index in [0.29, 0.717) is 5.25 Å². The third-order valence-electron chi connectivity index (χ3n) is 2.31. The Balaban J connectivity index is 2.81. The predicted octanol–water partition coefficient (Wildman–Crippen LogP) is 1.75. The van der Waals surface area contributed by atoms with E-state index in [4.69, 9.17) is 0 Å². The molecule has 0 radical (unpaired) electrons. The summed E-state index contributed by atoms with van der Waals surface area (Å²) in [6, 6.07) is 0. The first-order valence-corrected chi connectivity index (χ1v) is 6.93. The average Bonchev–Trinajstić information content (AvgIpc) is 2.32. The lowest BCUT2D eigenvalue weighted by Gasteiger charge is -2.31. The molecule has 1 heterocycles. The smallest absolute Gasteiger partial charge is 0.117 e. The molecule has 78 valence electrons. The maximum atomic E-state index is 11.8. The van der Waals surface area contributed by atoms with Crippen molar-refractivity contribution < 1.29 is 9.32 Å². The molecule has 0 amide bonds. The Kier molecular flexibility index (Phi) is 3.83. The van der Waals surface area contributed by atoms with Crippen molar-refractivity contribution in [2.75, 3.05) is 5.75 Å². The highest BCUT2D eigenvalue weighted by atomic mass is 32.2. The highest BCUT2D eigenvalue weighted by Gasteiger charge is 2.46. The van der Waals surface area contributed by atoms with E-state index in [2.05, 4.69) is 13.8 Å². The third-order valence-corrected chi connectivity index (χ3v) is 6.55. The van der Waals surface area contributed by atoms with Gasteiger partial charge in [0.25, 0.3) is 0 Å². The monoisotopic (exact) mass is 222 g/mol. The van der Waals surface area contributed by atoms with Gasteiger partial charge in [0, 0.05) is 21.8 Å². The van der Waals surface area contributed by atoms with E-state index in [0.717, 1.165) is 18.6 Å². The molecule has 0 aliphatic carbocycles. The van der Waals surface area contributed by atoms with Gasteiger partial charge in [0.15, 0.2) is 0 Å². The number of thioether (sulfide) groups is 1. The summed E-state index contributed by atoms with van der Waals surface area (Å²) in [5.41, 5.74) is 0. The van der Waals surface area contributed by atoms with Crippen LogP contribution in [0.2, 0.25) is 0 Å². The zero-order chi connectivity index (χ0) is 10.1. The summed E-state index contributed by atoms with van der Waals surface area (Å²) in [6.45, 7) is 5.94. The van der Waals surface area contributed by atoms with Crippen molar-refractivity contribution >= 4 is 22.6 Å². The second kappa shape index (κ2) is 4.32. The summed E-state index contributed by atoms with van der Waals surface area (Å²) in [6.07, 6.45) is 1.40. The molecule has 0 aromatic rings. The summed E-state index contributed by atoms with van der Waals surface area (Å²) < 4.78 is 11.4. The minimum absolute atomic E-state index is 0.381. The summed E-state index contributed by atoms with van der Waals surface area (Å²) in [5, 5.41) is 10.1. The van der Waals surface area contributed by atoms with E-state index in [-0.39, 0.29) is 4.08 Å². The van der Waals surface area contributed by atoms with Gasteiger partial charge in [0.05, 0.1) is 6.10 Å². The van der Waals surface area contributed by atoms with E-state index in [1.807, 2.05) is 0 Å². The van der Waals surface area contributed by atoms with Crippen LogP contribution in [0.1, 0.15) is 33.6 Å². The molecule has 0 aromatic heterocycles. The van der Waals surface area contributed by atoms with Crippen molar-refractivity contribution in [2.24, 2.45) is 0 Å². The molecule has 0 aromatic carbocycles. The number of aliphatic hydroxyl groups is 1. The number of rotatable bonds is 3. The molecular weight excluding hydrogens is 204 g/mol. The first kappa shape index (κ1) is 11.5. The van der Waals surface area contributed by atoms with Gasteiger partial charge in [0.2, 0.25) is 0 Å². The Labute approximate surface area is 86.9 Å². The second-order valence-corrected chi connectivity index (χ2v) is 7.80. The molecular formula is C9H18O2S2. The molecule has 1 saturated heterocycles. The van der Waals surface area contributed by atoms with Gasteiger partial charge in [-0.1, -0.05) is 13.8 Å². The highest BCUT2D eigenvalue weighted by Crippen LogP contribution is 2.44. The van der Waals surface area contributed by atoms with Crippen LogP contribution in [-0.2, 0) is 10.8 Å². The van der Waals surface area contributed by atoms with Crippen LogP contribution in [0, 0.1) is 0 Å². The topological polar surface area (TPSA) is 37.3 Å². The summed E-state index contributed by atoms with van der Waals surface area (Å²) in [4.78, 5) is 0. The summed E-state index contributed by atoms with van der Waals surface area (Å²) in [5.74, 6) is 0.755. The van der Waals surface area contributed by atoms with Crippen LogP contribution < -0.4 is 0 Å². The van der Waals surface area contributed by atoms with E-state index >= 15 is 0 Å². The lowest BCUT2D eigenvalue weighted by atomic mass is 10.2. The first-order valence-electron chi connectivity index (χ1n) is 4.73. The van der Waals surface area contributed by atoms with Gasteiger partial charge in [-0.2, -0.15) is 0 Å².